The van der Waals surface area contributed by atoms with Gasteiger partial charge < -0.3 is 14.6 Å². The molecule has 0 aliphatic rings. The molecule has 0 aliphatic carbocycles. The fourth-order valence-electron chi connectivity index (χ4n) is 1.24. The molecule has 0 saturated carbocycles. The Bertz CT molecular complexity index is 360. The Kier molecular flexibility index (Phi) is 5.49. The maximum absolute atomic E-state index is 11.7. The molecule has 0 fully saturated rings. The van der Waals surface area contributed by atoms with Crippen LogP contribution in [0, 0.1) is 0 Å². The minimum absolute atomic E-state index is 0.151. The molecule has 1 aromatic rings. The van der Waals surface area contributed by atoms with Crippen LogP contribution in [0.5, 0.6) is 5.75 Å². The van der Waals surface area contributed by atoms with Crippen LogP contribution in [0.2, 0.25) is 0 Å². The van der Waals surface area contributed by atoms with Gasteiger partial charge in [0.05, 0.1) is 12.7 Å². The van der Waals surface area contributed by atoms with E-state index in [1.165, 1.54) is 0 Å². The molecule has 0 radical (unpaired) electrons. The summed E-state index contributed by atoms with van der Waals surface area (Å²) >= 11 is 0. The molecular formula is C13H18O4. The van der Waals surface area contributed by atoms with E-state index in [9.17, 15) is 4.79 Å². The number of rotatable bonds is 6. The van der Waals surface area contributed by atoms with Crippen molar-refractivity contribution in [2.24, 2.45) is 0 Å². The smallest absolute Gasteiger partial charge is 0.341 e. The fourth-order valence-corrected chi connectivity index (χ4v) is 1.24. The highest BCUT2D eigenvalue weighted by molar-refractivity contribution is 5.92. The van der Waals surface area contributed by atoms with E-state index < -0.39 is 12.1 Å². The van der Waals surface area contributed by atoms with E-state index in [1.54, 1.807) is 31.2 Å². The van der Waals surface area contributed by atoms with Crippen LogP contribution < -0.4 is 4.74 Å². The summed E-state index contributed by atoms with van der Waals surface area (Å²) in [4.78, 5) is 11.7. The highest BCUT2D eigenvalue weighted by Crippen LogP contribution is 2.19. The predicted molar refractivity (Wildman–Crippen MR) is 64.2 cm³/mol. The van der Waals surface area contributed by atoms with Gasteiger partial charge >= 0.3 is 5.97 Å². The molecule has 0 heterocycles. The Morgan fingerprint density at radius 3 is 2.76 bits per heavy atom. The Labute approximate surface area is 101 Å². The molecule has 1 rings (SSSR count). The molecular weight excluding hydrogens is 220 g/mol. The summed E-state index contributed by atoms with van der Waals surface area (Å²) in [7, 11) is 0. The van der Waals surface area contributed by atoms with E-state index in [4.69, 9.17) is 14.6 Å². The average molecular weight is 238 g/mol. The van der Waals surface area contributed by atoms with Crippen LogP contribution in [-0.4, -0.2) is 30.4 Å². The normalized spacial score (nSPS) is 11.9. The van der Waals surface area contributed by atoms with Crippen molar-refractivity contribution in [2.75, 3.05) is 13.2 Å². The number of ether oxygens (including phenoxy) is 2. The number of hydrogen-bond acceptors (Lipinski definition) is 4. The summed E-state index contributed by atoms with van der Waals surface area (Å²) < 4.78 is 10.4. The summed E-state index contributed by atoms with van der Waals surface area (Å²) in [6.45, 7) is 4.10. The van der Waals surface area contributed by atoms with Gasteiger partial charge in [-0.3, -0.25) is 0 Å². The lowest BCUT2D eigenvalue weighted by molar-refractivity contribution is 0.0496. The van der Waals surface area contributed by atoms with Crippen molar-refractivity contribution in [3.05, 3.63) is 29.8 Å². The highest BCUT2D eigenvalue weighted by atomic mass is 16.5. The summed E-state index contributed by atoms with van der Waals surface area (Å²) in [6, 6.07) is 6.85. The van der Waals surface area contributed by atoms with Crippen LogP contribution in [0.3, 0.4) is 0 Å². The Morgan fingerprint density at radius 2 is 2.12 bits per heavy atom. The lowest BCUT2D eigenvalue weighted by Crippen LogP contribution is -2.15. The Balaban J connectivity index is 2.73. The molecule has 0 saturated heterocycles. The zero-order valence-corrected chi connectivity index (χ0v) is 10.2. The van der Waals surface area contributed by atoms with Gasteiger partial charge in [0.15, 0.2) is 0 Å². The quantitative estimate of drug-likeness (QED) is 0.770. The molecule has 94 valence electrons. The second-order valence-electron chi connectivity index (χ2n) is 3.79. The van der Waals surface area contributed by atoms with Gasteiger partial charge in [-0.15, -0.1) is 0 Å². The second-order valence-corrected chi connectivity index (χ2v) is 3.79. The molecule has 1 N–H and O–H groups in total. The van der Waals surface area contributed by atoms with Crippen molar-refractivity contribution in [1.82, 2.24) is 0 Å². The zero-order valence-electron chi connectivity index (χ0n) is 10.2. The summed E-state index contributed by atoms with van der Waals surface area (Å²) in [6.07, 6.45) is 0.206. The summed E-state index contributed by atoms with van der Waals surface area (Å²) in [5, 5.41) is 9.14. The van der Waals surface area contributed by atoms with E-state index >= 15 is 0 Å². The van der Waals surface area contributed by atoms with Gasteiger partial charge in [0, 0.05) is 0 Å². The minimum atomic E-state index is -0.574. The van der Waals surface area contributed by atoms with Crippen molar-refractivity contribution in [1.29, 1.82) is 0 Å². The predicted octanol–water partition coefficient (Wildman–Crippen LogP) is 2.01. The largest absolute Gasteiger partial charge is 0.490 e. The number of carbonyl (C=O) groups excluding carboxylic acids is 1. The molecule has 1 aromatic carbocycles. The standard InChI is InChI=1S/C13H18O4/c1-3-8-16-13(15)11-6-4-5-7-12(11)17-9-10(2)14/h4-7,10,14H,3,8-9H2,1-2H3. The number of aliphatic hydroxyl groups excluding tert-OH is 1. The molecule has 0 aromatic heterocycles. The number of benzene rings is 1. The number of aliphatic hydroxyl groups is 1. The number of hydrogen-bond donors (Lipinski definition) is 1. The van der Waals surface area contributed by atoms with E-state index in [2.05, 4.69) is 0 Å². The zero-order chi connectivity index (χ0) is 12.7. The monoisotopic (exact) mass is 238 g/mol. The molecule has 0 spiro atoms. The summed E-state index contributed by atoms with van der Waals surface area (Å²) in [5.41, 5.74) is 0.390. The molecule has 0 amide bonds. The van der Waals surface area contributed by atoms with Crippen LogP contribution in [0.1, 0.15) is 30.6 Å². The van der Waals surface area contributed by atoms with Gasteiger partial charge in [-0.25, -0.2) is 4.79 Å². The van der Waals surface area contributed by atoms with Crippen LogP contribution in [0.25, 0.3) is 0 Å². The van der Waals surface area contributed by atoms with Crippen molar-refractivity contribution in [3.8, 4) is 5.75 Å². The van der Waals surface area contributed by atoms with Gasteiger partial charge in [-0.2, -0.15) is 0 Å². The fraction of sp³-hybridized carbons (Fsp3) is 0.462. The van der Waals surface area contributed by atoms with Crippen molar-refractivity contribution in [2.45, 2.75) is 26.4 Å². The number of para-hydroxylation sites is 1. The molecule has 1 atom stereocenters. The van der Waals surface area contributed by atoms with Crippen LogP contribution in [-0.2, 0) is 4.74 Å². The molecule has 0 bridgehead atoms. The maximum Gasteiger partial charge on any atom is 0.341 e. The van der Waals surface area contributed by atoms with Crippen molar-refractivity contribution >= 4 is 5.97 Å². The first-order valence-electron chi connectivity index (χ1n) is 5.72. The van der Waals surface area contributed by atoms with Crippen LogP contribution in [0.4, 0.5) is 0 Å². The Morgan fingerprint density at radius 1 is 1.41 bits per heavy atom. The average Bonchev–Trinajstić information content (AvgIpc) is 2.33. The highest BCUT2D eigenvalue weighted by Gasteiger charge is 2.13. The van der Waals surface area contributed by atoms with Crippen molar-refractivity contribution in [3.63, 3.8) is 0 Å². The van der Waals surface area contributed by atoms with E-state index in [-0.39, 0.29) is 6.61 Å². The van der Waals surface area contributed by atoms with Crippen LogP contribution in [0.15, 0.2) is 24.3 Å². The molecule has 0 aliphatic heterocycles. The third-order valence-corrected chi connectivity index (χ3v) is 2.02. The van der Waals surface area contributed by atoms with Crippen molar-refractivity contribution < 1.29 is 19.4 Å². The first-order chi connectivity index (χ1) is 8.15. The molecule has 4 heteroatoms. The van der Waals surface area contributed by atoms with Gasteiger partial charge in [-0.05, 0) is 25.5 Å². The molecule has 17 heavy (non-hydrogen) atoms. The molecule has 4 nitrogen and oxygen atoms in total. The lowest BCUT2D eigenvalue weighted by atomic mass is 10.2. The molecule has 1 unspecified atom stereocenters. The second kappa shape index (κ2) is 6.91. The number of esters is 1. The third-order valence-electron chi connectivity index (χ3n) is 2.02. The lowest BCUT2D eigenvalue weighted by Gasteiger charge is -2.11. The Hall–Kier alpha value is -1.55. The number of carbonyl (C=O) groups is 1. The van der Waals surface area contributed by atoms with E-state index in [0.29, 0.717) is 17.9 Å². The van der Waals surface area contributed by atoms with E-state index in [0.717, 1.165) is 6.42 Å². The van der Waals surface area contributed by atoms with Gasteiger partial charge in [0.2, 0.25) is 0 Å². The SMILES string of the molecule is CCCOC(=O)c1ccccc1OCC(C)O. The maximum atomic E-state index is 11.7. The first kappa shape index (κ1) is 13.5. The first-order valence-corrected chi connectivity index (χ1v) is 5.72. The minimum Gasteiger partial charge on any atom is -0.490 e. The van der Waals surface area contributed by atoms with Gasteiger partial charge in [-0.1, -0.05) is 19.1 Å². The van der Waals surface area contributed by atoms with Crippen LogP contribution >= 0.6 is 0 Å². The summed E-state index contributed by atoms with van der Waals surface area (Å²) in [5.74, 6) is 0.0440. The van der Waals surface area contributed by atoms with E-state index in [1.807, 2.05) is 6.92 Å². The van der Waals surface area contributed by atoms with Gasteiger partial charge in [0.25, 0.3) is 0 Å². The topological polar surface area (TPSA) is 55.8 Å². The van der Waals surface area contributed by atoms with Gasteiger partial charge in [0.1, 0.15) is 17.9 Å². The third kappa shape index (κ3) is 4.44.